The Kier molecular flexibility index (Phi) is 6.57. The minimum absolute atomic E-state index is 0.0980. The molecule has 0 spiro atoms. The number of nitrogens with zero attached hydrogens (tertiary/aromatic N) is 3. The molecule has 28 heavy (non-hydrogen) atoms. The molecule has 0 saturated heterocycles. The largest absolute Gasteiger partial charge is 0.294 e. The van der Waals surface area contributed by atoms with Crippen molar-refractivity contribution in [2.24, 2.45) is 5.41 Å². The summed E-state index contributed by atoms with van der Waals surface area (Å²) >= 11 is 5.51. The quantitative estimate of drug-likeness (QED) is 0.648. The lowest BCUT2D eigenvalue weighted by molar-refractivity contribution is 0.214. The zero-order valence-electron chi connectivity index (χ0n) is 17.9. The molecule has 2 aromatic rings. The van der Waals surface area contributed by atoms with Gasteiger partial charge in [-0.3, -0.25) is 9.67 Å². The second kappa shape index (κ2) is 8.08. The van der Waals surface area contributed by atoms with E-state index in [-0.39, 0.29) is 15.8 Å². The number of aromatic amines is 1. The van der Waals surface area contributed by atoms with Gasteiger partial charge in [0.1, 0.15) is 0 Å². The fourth-order valence-electron chi connectivity index (χ4n) is 3.94. The Morgan fingerprint density at radius 3 is 2.29 bits per heavy atom. The topological polar surface area (TPSA) is 71.0 Å². The van der Waals surface area contributed by atoms with Crippen molar-refractivity contribution in [1.29, 1.82) is 0 Å². The van der Waals surface area contributed by atoms with Crippen LogP contribution < -0.4 is 0 Å². The highest BCUT2D eigenvalue weighted by molar-refractivity contribution is 7.89. The molecule has 0 unspecified atom stereocenters. The van der Waals surface area contributed by atoms with Crippen LogP contribution in [-0.4, -0.2) is 40.6 Å². The standard InChI is InChI=1S/C20H32N4O2S2/c1-8-23(9-2)28(25,26)16-12-10-11-15(13-16)17-21-22-18(27)24(17)20(6,7)14-19(3,4)5/h10-13H,8-9,14H2,1-7H3,(H,22,27). The molecule has 0 fully saturated rings. The number of sulfonamides is 1. The average Bonchev–Trinajstić information content (AvgIpc) is 2.96. The number of benzene rings is 1. The molecule has 2 rings (SSSR count). The number of rotatable bonds is 7. The van der Waals surface area contributed by atoms with E-state index in [2.05, 4.69) is 44.8 Å². The summed E-state index contributed by atoms with van der Waals surface area (Å²) in [5.74, 6) is 0.649. The normalized spacial score (nSPS) is 13.3. The number of aromatic nitrogens is 3. The summed E-state index contributed by atoms with van der Waals surface area (Å²) in [7, 11) is -3.54. The van der Waals surface area contributed by atoms with Gasteiger partial charge < -0.3 is 0 Å². The van der Waals surface area contributed by atoms with Crippen LogP contribution >= 0.6 is 12.2 Å². The predicted molar refractivity (Wildman–Crippen MR) is 116 cm³/mol. The molecule has 0 aliphatic rings. The van der Waals surface area contributed by atoms with E-state index in [1.54, 1.807) is 18.2 Å². The SMILES string of the molecule is CCN(CC)S(=O)(=O)c1cccc(-c2n[nH]c(=S)n2C(C)(C)CC(C)(C)C)c1. The van der Waals surface area contributed by atoms with E-state index in [0.29, 0.717) is 23.7 Å². The van der Waals surface area contributed by atoms with E-state index in [0.717, 1.165) is 12.0 Å². The summed E-state index contributed by atoms with van der Waals surface area (Å²) in [6.07, 6.45) is 0.887. The zero-order chi connectivity index (χ0) is 21.3. The molecule has 0 amide bonds. The molecular weight excluding hydrogens is 392 g/mol. The molecule has 1 N–H and O–H groups in total. The van der Waals surface area contributed by atoms with Crippen LogP contribution in [0.5, 0.6) is 0 Å². The monoisotopic (exact) mass is 424 g/mol. The molecule has 0 saturated carbocycles. The fraction of sp³-hybridized carbons (Fsp3) is 0.600. The molecule has 8 heteroatoms. The predicted octanol–water partition coefficient (Wildman–Crippen LogP) is 4.81. The van der Waals surface area contributed by atoms with Crippen LogP contribution in [0.2, 0.25) is 0 Å². The summed E-state index contributed by atoms with van der Waals surface area (Å²) in [5, 5.41) is 7.31. The molecule has 156 valence electrons. The minimum atomic E-state index is -3.54. The van der Waals surface area contributed by atoms with Crippen molar-refractivity contribution in [3.63, 3.8) is 0 Å². The van der Waals surface area contributed by atoms with Gasteiger partial charge in [0.05, 0.1) is 4.90 Å². The third-order valence-corrected chi connectivity index (χ3v) is 7.00. The van der Waals surface area contributed by atoms with Gasteiger partial charge in [0.25, 0.3) is 0 Å². The molecule has 6 nitrogen and oxygen atoms in total. The van der Waals surface area contributed by atoms with Gasteiger partial charge in [-0.1, -0.05) is 46.8 Å². The Bertz CT molecular complexity index is 978. The summed E-state index contributed by atoms with van der Waals surface area (Å²) < 4.78 is 29.8. The summed E-state index contributed by atoms with van der Waals surface area (Å²) in [6.45, 7) is 15.4. The molecule has 0 radical (unpaired) electrons. The average molecular weight is 425 g/mol. The second-order valence-electron chi connectivity index (χ2n) is 8.85. The Balaban J connectivity index is 2.59. The lowest BCUT2D eigenvalue weighted by Gasteiger charge is -2.34. The van der Waals surface area contributed by atoms with Gasteiger partial charge >= 0.3 is 0 Å². The van der Waals surface area contributed by atoms with Crippen LogP contribution in [0, 0.1) is 10.2 Å². The van der Waals surface area contributed by atoms with Crippen molar-refractivity contribution in [2.45, 2.75) is 65.3 Å². The van der Waals surface area contributed by atoms with E-state index < -0.39 is 10.0 Å². The number of hydrogen-bond acceptors (Lipinski definition) is 4. The Morgan fingerprint density at radius 2 is 1.75 bits per heavy atom. The minimum Gasteiger partial charge on any atom is -0.294 e. The molecule has 1 aromatic heterocycles. The van der Waals surface area contributed by atoms with E-state index >= 15 is 0 Å². The molecule has 0 aliphatic heterocycles. The van der Waals surface area contributed by atoms with Gasteiger partial charge in [0.2, 0.25) is 10.0 Å². The van der Waals surface area contributed by atoms with Gasteiger partial charge in [-0.25, -0.2) is 8.42 Å². The maximum atomic E-state index is 12.9. The van der Waals surface area contributed by atoms with E-state index in [4.69, 9.17) is 12.2 Å². The maximum absolute atomic E-state index is 12.9. The molecular formula is C20H32N4O2S2. The molecule has 0 bridgehead atoms. The van der Waals surface area contributed by atoms with Crippen molar-refractivity contribution in [1.82, 2.24) is 19.1 Å². The lowest BCUT2D eigenvalue weighted by Crippen LogP contribution is -2.32. The van der Waals surface area contributed by atoms with E-state index in [9.17, 15) is 8.42 Å². The van der Waals surface area contributed by atoms with Gasteiger partial charge in [0, 0.05) is 24.2 Å². The Morgan fingerprint density at radius 1 is 1.14 bits per heavy atom. The first-order valence-electron chi connectivity index (χ1n) is 9.62. The summed E-state index contributed by atoms with van der Waals surface area (Å²) in [4.78, 5) is 0.266. The van der Waals surface area contributed by atoms with Crippen molar-refractivity contribution in [3.05, 3.63) is 29.0 Å². The smallest absolute Gasteiger partial charge is 0.243 e. The van der Waals surface area contributed by atoms with Crippen LogP contribution in [0.25, 0.3) is 11.4 Å². The van der Waals surface area contributed by atoms with Crippen molar-refractivity contribution >= 4 is 22.2 Å². The third kappa shape index (κ3) is 4.72. The molecule has 1 aromatic carbocycles. The van der Waals surface area contributed by atoms with Gasteiger partial charge in [-0.2, -0.15) is 9.40 Å². The van der Waals surface area contributed by atoms with Crippen LogP contribution in [0.4, 0.5) is 0 Å². The Labute approximate surface area is 174 Å². The van der Waals surface area contributed by atoms with Crippen molar-refractivity contribution in [3.8, 4) is 11.4 Å². The second-order valence-corrected chi connectivity index (χ2v) is 11.2. The highest BCUT2D eigenvalue weighted by Crippen LogP contribution is 2.35. The van der Waals surface area contributed by atoms with Crippen molar-refractivity contribution in [2.75, 3.05) is 13.1 Å². The summed E-state index contributed by atoms with van der Waals surface area (Å²) in [5.41, 5.74) is 0.536. The van der Waals surface area contributed by atoms with Crippen LogP contribution in [-0.2, 0) is 15.6 Å². The van der Waals surface area contributed by atoms with Gasteiger partial charge in [-0.15, -0.1) is 0 Å². The van der Waals surface area contributed by atoms with E-state index in [1.807, 2.05) is 24.5 Å². The first-order chi connectivity index (χ1) is 12.8. The highest BCUT2D eigenvalue weighted by atomic mass is 32.2. The van der Waals surface area contributed by atoms with Crippen LogP contribution in [0.3, 0.4) is 0 Å². The first kappa shape index (κ1) is 22.8. The lowest BCUT2D eigenvalue weighted by atomic mass is 9.81. The molecule has 0 atom stereocenters. The van der Waals surface area contributed by atoms with Gasteiger partial charge in [-0.05, 0) is 50.0 Å². The zero-order valence-corrected chi connectivity index (χ0v) is 19.5. The number of nitrogens with one attached hydrogen (secondary N) is 1. The first-order valence-corrected chi connectivity index (χ1v) is 11.5. The number of hydrogen-bond donors (Lipinski definition) is 1. The van der Waals surface area contributed by atoms with E-state index in [1.165, 1.54) is 4.31 Å². The number of H-pyrrole nitrogens is 1. The van der Waals surface area contributed by atoms with Crippen LogP contribution in [0.1, 0.15) is 54.9 Å². The highest BCUT2D eigenvalue weighted by Gasteiger charge is 2.31. The Hall–Kier alpha value is -1.51. The van der Waals surface area contributed by atoms with Crippen molar-refractivity contribution < 1.29 is 8.42 Å². The fourth-order valence-corrected chi connectivity index (χ4v) is 5.82. The summed E-state index contributed by atoms with van der Waals surface area (Å²) in [6, 6.07) is 6.94. The maximum Gasteiger partial charge on any atom is 0.243 e. The van der Waals surface area contributed by atoms with Gasteiger partial charge in [0.15, 0.2) is 10.6 Å². The molecule has 1 heterocycles. The molecule has 0 aliphatic carbocycles. The van der Waals surface area contributed by atoms with Crippen LogP contribution in [0.15, 0.2) is 29.2 Å². The third-order valence-electron chi connectivity index (χ3n) is 4.68.